The minimum absolute atomic E-state index is 0.694. The smallest absolute Gasteiger partial charge is 0.0775 e. The van der Waals surface area contributed by atoms with Crippen LogP contribution in [0.15, 0.2) is 71.4 Å². The van der Waals surface area contributed by atoms with Crippen LogP contribution < -0.4 is 0 Å². The van der Waals surface area contributed by atoms with Crippen molar-refractivity contribution in [2.75, 3.05) is 0 Å². The summed E-state index contributed by atoms with van der Waals surface area (Å²) in [6.45, 7) is 20.9. The van der Waals surface area contributed by atoms with E-state index >= 15 is 0 Å². The van der Waals surface area contributed by atoms with E-state index in [1.807, 2.05) is 51.1 Å². The van der Waals surface area contributed by atoms with Crippen molar-refractivity contribution >= 4 is 23.4 Å². The van der Waals surface area contributed by atoms with E-state index in [2.05, 4.69) is 38.9 Å². The van der Waals surface area contributed by atoms with Gasteiger partial charge in [0.2, 0.25) is 0 Å². The molecular formula is C31H46ClN. The van der Waals surface area contributed by atoms with Gasteiger partial charge in [0.15, 0.2) is 0 Å². The molecule has 1 aromatic rings. The Morgan fingerprint density at radius 2 is 1.79 bits per heavy atom. The van der Waals surface area contributed by atoms with Gasteiger partial charge in [-0.05, 0) is 81.1 Å². The van der Waals surface area contributed by atoms with Crippen LogP contribution in [-0.2, 0) is 0 Å². The summed E-state index contributed by atoms with van der Waals surface area (Å²) in [6.07, 6.45) is 17.1. The third-order valence-corrected chi connectivity index (χ3v) is 7.17. The van der Waals surface area contributed by atoms with Gasteiger partial charge in [-0.1, -0.05) is 101 Å². The molecule has 0 N–H and O–H groups in total. The number of nitrogens with zero attached hydrogens (tertiary/aromatic N) is 1. The molecule has 1 nitrogen and oxygen atoms in total. The fraction of sp³-hybridized carbons (Fsp3) is 0.516. The van der Waals surface area contributed by atoms with Crippen molar-refractivity contribution in [1.82, 2.24) is 0 Å². The number of allylic oxidation sites excluding steroid dienone is 4. The lowest BCUT2D eigenvalue weighted by Gasteiger charge is -2.35. The molecular weight excluding hydrogens is 422 g/mol. The summed E-state index contributed by atoms with van der Waals surface area (Å²) < 4.78 is 0. The lowest BCUT2D eigenvalue weighted by Crippen LogP contribution is -2.24. The molecule has 1 aliphatic rings. The fourth-order valence-electron chi connectivity index (χ4n) is 5.59. The molecule has 0 aliphatic heterocycles. The molecule has 0 radical (unpaired) electrons. The minimum Gasteiger partial charge on any atom is -0.260 e. The lowest BCUT2D eigenvalue weighted by molar-refractivity contribution is 0.156. The van der Waals surface area contributed by atoms with Crippen LogP contribution in [0, 0.1) is 11.3 Å². The molecule has 0 heterocycles. The van der Waals surface area contributed by atoms with E-state index in [9.17, 15) is 0 Å². The van der Waals surface area contributed by atoms with Crippen molar-refractivity contribution in [2.24, 2.45) is 16.3 Å². The van der Waals surface area contributed by atoms with Crippen LogP contribution in [0.5, 0.6) is 0 Å². The molecule has 1 saturated carbocycles. The molecule has 1 aliphatic carbocycles. The van der Waals surface area contributed by atoms with Crippen LogP contribution in [0.1, 0.15) is 98.5 Å². The van der Waals surface area contributed by atoms with E-state index < -0.39 is 0 Å². The molecule has 0 amide bonds. The minimum atomic E-state index is 0.694. The molecule has 0 spiro atoms. The van der Waals surface area contributed by atoms with E-state index in [1.54, 1.807) is 12.3 Å². The topological polar surface area (TPSA) is 12.4 Å². The molecule has 2 rings (SSSR count). The van der Waals surface area contributed by atoms with Crippen molar-refractivity contribution in [3.05, 3.63) is 77.0 Å². The van der Waals surface area contributed by atoms with Gasteiger partial charge in [0.1, 0.15) is 0 Å². The van der Waals surface area contributed by atoms with Crippen molar-refractivity contribution in [3.63, 3.8) is 0 Å². The van der Waals surface area contributed by atoms with E-state index in [0.29, 0.717) is 5.02 Å². The third-order valence-electron chi connectivity index (χ3n) is 6.93. The van der Waals surface area contributed by atoms with Crippen molar-refractivity contribution in [1.29, 1.82) is 0 Å². The summed E-state index contributed by atoms with van der Waals surface area (Å²) >= 11 is 6.08. The first-order valence-electron chi connectivity index (χ1n) is 12.8. The second-order valence-corrected chi connectivity index (χ2v) is 9.78. The second-order valence-electron chi connectivity index (χ2n) is 9.34. The first-order valence-corrected chi connectivity index (χ1v) is 13.1. The Hall–Kier alpha value is -1.86. The van der Waals surface area contributed by atoms with Gasteiger partial charge < -0.3 is 0 Å². The quantitative estimate of drug-likeness (QED) is 0.239. The standard InChI is InChI=1S/C18H20ClN.C13H26/c1-6-16(13(4)5)18(20-8-3)17(7-2)14-10-9-11-15(19)12-14;1-4-9-13(10-5-2)11-7-8-12(13)6-3/h6-12H,1-2H2,3-5H3;12H,4-11H2,1-3H3/b18-17-,20-8?;/t;12-/m.1/s1. The Bertz CT molecular complexity index is 845. The Labute approximate surface area is 209 Å². The van der Waals surface area contributed by atoms with Crippen LogP contribution in [0.3, 0.4) is 0 Å². The maximum absolute atomic E-state index is 6.08. The highest BCUT2D eigenvalue weighted by Gasteiger charge is 2.39. The van der Waals surface area contributed by atoms with Crippen molar-refractivity contribution in [2.45, 2.75) is 92.9 Å². The largest absolute Gasteiger partial charge is 0.260 e. The molecule has 1 aromatic carbocycles. The number of halogens is 1. The van der Waals surface area contributed by atoms with E-state index in [0.717, 1.165) is 39.3 Å². The first kappa shape index (κ1) is 29.2. The predicted molar refractivity (Wildman–Crippen MR) is 151 cm³/mol. The van der Waals surface area contributed by atoms with E-state index in [-0.39, 0.29) is 0 Å². The zero-order valence-corrected chi connectivity index (χ0v) is 22.8. The number of rotatable bonds is 10. The van der Waals surface area contributed by atoms with Gasteiger partial charge in [0.25, 0.3) is 0 Å². The predicted octanol–water partition coefficient (Wildman–Crippen LogP) is 10.6. The Morgan fingerprint density at radius 1 is 1.12 bits per heavy atom. The van der Waals surface area contributed by atoms with Crippen molar-refractivity contribution < 1.29 is 0 Å². The van der Waals surface area contributed by atoms with Gasteiger partial charge in [0.05, 0.1) is 5.70 Å². The molecule has 33 heavy (non-hydrogen) atoms. The monoisotopic (exact) mass is 467 g/mol. The zero-order valence-electron chi connectivity index (χ0n) is 22.0. The maximum atomic E-state index is 6.08. The summed E-state index contributed by atoms with van der Waals surface area (Å²) in [4.78, 5) is 4.50. The SMILES string of the molecule is C=CC(=C(C)C)/C(N=CC)=C(\C=C)c1cccc(Cl)c1.CCCC1(CCC)CCC[C@H]1CC. The number of aliphatic imine (C=N–C) groups is 1. The van der Waals surface area contributed by atoms with Crippen LogP contribution >= 0.6 is 11.6 Å². The molecule has 2 heteroatoms. The average molecular weight is 468 g/mol. The summed E-state index contributed by atoms with van der Waals surface area (Å²) in [7, 11) is 0. The Morgan fingerprint density at radius 3 is 2.24 bits per heavy atom. The molecule has 1 fully saturated rings. The molecule has 0 bridgehead atoms. The van der Waals surface area contributed by atoms with Gasteiger partial charge in [-0.3, -0.25) is 4.99 Å². The van der Waals surface area contributed by atoms with Gasteiger partial charge in [-0.15, -0.1) is 0 Å². The van der Waals surface area contributed by atoms with Crippen LogP contribution in [0.2, 0.25) is 5.02 Å². The maximum Gasteiger partial charge on any atom is 0.0775 e. The zero-order chi connectivity index (χ0) is 24.9. The lowest BCUT2D eigenvalue weighted by atomic mass is 9.70. The molecule has 0 saturated heterocycles. The highest BCUT2D eigenvalue weighted by atomic mass is 35.5. The van der Waals surface area contributed by atoms with Gasteiger partial charge in [0, 0.05) is 16.8 Å². The molecule has 0 unspecified atom stereocenters. The van der Waals surface area contributed by atoms with Gasteiger partial charge >= 0.3 is 0 Å². The fourth-order valence-corrected chi connectivity index (χ4v) is 5.78. The summed E-state index contributed by atoms with van der Waals surface area (Å²) in [5, 5.41) is 0.694. The third kappa shape index (κ3) is 8.14. The van der Waals surface area contributed by atoms with Crippen molar-refractivity contribution in [3.8, 4) is 0 Å². The van der Waals surface area contributed by atoms with E-state index in [1.165, 1.54) is 51.4 Å². The molecule has 182 valence electrons. The second kappa shape index (κ2) is 15.1. The number of hydrogen-bond acceptors (Lipinski definition) is 1. The van der Waals surface area contributed by atoms with Gasteiger partial charge in [-0.2, -0.15) is 0 Å². The van der Waals surface area contributed by atoms with Crippen LogP contribution in [0.4, 0.5) is 0 Å². The number of benzene rings is 1. The summed E-state index contributed by atoms with van der Waals surface area (Å²) in [6, 6.07) is 7.68. The average Bonchev–Trinajstić information content (AvgIpc) is 3.18. The van der Waals surface area contributed by atoms with Crippen LogP contribution in [-0.4, -0.2) is 6.21 Å². The first-order chi connectivity index (χ1) is 15.8. The molecule has 1 atom stereocenters. The number of hydrogen-bond donors (Lipinski definition) is 0. The summed E-state index contributed by atoms with van der Waals surface area (Å²) in [5.41, 5.74) is 5.73. The van der Waals surface area contributed by atoms with Crippen LogP contribution in [0.25, 0.3) is 5.57 Å². The van der Waals surface area contributed by atoms with E-state index in [4.69, 9.17) is 11.6 Å². The van der Waals surface area contributed by atoms with Gasteiger partial charge in [-0.25, -0.2) is 0 Å². The highest BCUT2D eigenvalue weighted by molar-refractivity contribution is 6.30. The summed E-state index contributed by atoms with van der Waals surface area (Å²) in [5.74, 6) is 1.05. The Balaban J connectivity index is 0.000000361. The normalized spacial score (nSPS) is 17.7. The highest BCUT2D eigenvalue weighted by Crippen LogP contribution is 2.51. The Kier molecular flexibility index (Phi) is 13.4. The molecule has 0 aromatic heterocycles.